The lowest BCUT2D eigenvalue weighted by Crippen LogP contribution is -2.19. The van der Waals surface area contributed by atoms with Crippen molar-refractivity contribution in [1.29, 1.82) is 0 Å². The molecular formula is C8H10ClN3O2. The van der Waals surface area contributed by atoms with Gasteiger partial charge >= 0.3 is 0 Å². The third kappa shape index (κ3) is 2.58. The molecule has 0 radical (unpaired) electrons. The molecule has 0 bridgehead atoms. The smallest absolute Gasteiger partial charge is 0.271 e. The van der Waals surface area contributed by atoms with E-state index in [1.807, 2.05) is 0 Å². The number of rotatable bonds is 3. The SMILES string of the molecule is CN(C)Nc1ccc([N+](=O)[O-])cc1Cl. The van der Waals surface area contributed by atoms with E-state index in [0.29, 0.717) is 10.7 Å². The van der Waals surface area contributed by atoms with E-state index in [1.165, 1.54) is 12.1 Å². The summed E-state index contributed by atoms with van der Waals surface area (Å²) in [4.78, 5) is 9.92. The maximum Gasteiger partial charge on any atom is 0.271 e. The Morgan fingerprint density at radius 2 is 2.14 bits per heavy atom. The average Bonchev–Trinajstić information content (AvgIpc) is 2.07. The second-order valence-corrected chi connectivity index (χ2v) is 3.33. The number of nitrogens with zero attached hydrogens (tertiary/aromatic N) is 2. The first kappa shape index (κ1) is 10.7. The third-order valence-electron chi connectivity index (χ3n) is 1.51. The summed E-state index contributed by atoms with van der Waals surface area (Å²) in [7, 11) is 3.61. The highest BCUT2D eigenvalue weighted by atomic mass is 35.5. The summed E-state index contributed by atoms with van der Waals surface area (Å²) in [5.74, 6) is 0. The average molecular weight is 216 g/mol. The molecule has 14 heavy (non-hydrogen) atoms. The third-order valence-corrected chi connectivity index (χ3v) is 1.82. The van der Waals surface area contributed by atoms with Crippen LogP contribution in [-0.2, 0) is 0 Å². The number of hydrogen-bond acceptors (Lipinski definition) is 4. The summed E-state index contributed by atoms with van der Waals surface area (Å²) in [6.45, 7) is 0. The van der Waals surface area contributed by atoms with Gasteiger partial charge in [0.15, 0.2) is 0 Å². The van der Waals surface area contributed by atoms with Gasteiger partial charge in [0.25, 0.3) is 5.69 Å². The van der Waals surface area contributed by atoms with Gasteiger partial charge in [-0.3, -0.25) is 10.1 Å². The Morgan fingerprint density at radius 1 is 1.50 bits per heavy atom. The van der Waals surface area contributed by atoms with E-state index in [0.717, 1.165) is 0 Å². The van der Waals surface area contributed by atoms with E-state index >= 15 is 0 Å². The summed E-state index contributed by atoms with van der Waals surface area (Å²) in [5.41, 5.74) is 3.54. The van der Waals surface area contributed by atoms with E-state index < -0.39 is 4.92 Å². The Morgan fingerprint density at radius 3 is 2.57 bits per heavy atom. The van der Waals surface area contributed by atoms with Crippen LogP contribution in [-0.4, -0.2) is 24.0 Å². The zero-order valence-corrected chi connectivity index (χ0v) is 8.58. The second-order valence-electron chi connectivity index (χ2n) is 2.93. The van der Waals surface area contributed by atoms with Crippen molar-refractivity contribution in [2.45, 2.75) is 0 Å². The molecule has 0 heterocycles. The number of non-ortho nitro benzene ring substituents is 1. The number of hydrogen-bond donors (Lipinski definition) is 1. The normalized spacial score (nSPS) is 10.3. The molecule has 1 N–H and O–H groups in total. The molecule has 0 saturated carbocycles. The summed E-state index contributed by atoms with van der Waals surface area (Å²) in [6, 6.07) is 4.28. The first-order chi connectivity index (χ1) is 6.50. The van der Waals surface area contributed by atoms with E-state index in [4.69, 9.17) is 11.6 Å². The molecule has 5 nitrogen and oxygen atoms in total. The molecule has 0 aromatic heterocycles. The lowest BCUT2D eigenvalue weighted by atomic mass is 10.3. The van der Waals surface area contributed by atoms with E-state index in [-0.39, 0.29) is 5.69 Å². The molecule has 1 rings (SSSR count). The fraction of sp³-hybridized carbons (Fsp3) is 0.250. The van der Waals surface area contributed by atoms with Crippen molar-refractivity contribution >= 4 is 23.0 Å². The summed E-state index contributed by atoms with van der Waals surface area (Å²) < 4.78 is 0. The molecule has 0 saturated heterocycles. The van der Waals surface area contributed by atoms with Crippen LogP contribution in [0.25, 0.3) is 0 Å². The van der Waals surface area contributed by atoms with Gasteiger partial charge in [0.1, 0.15) is 0 Å². The molecule has 0 amide bonds. The number of anilines is 1. The number of hydrazine groups is 1. The van der Waals surface area contributed by atoms with Gasteiger partial charge in [-0.15, -0.1) is 0 Å². The molecule has 76 valence electrons. The van der Waals surface area contributed by atoms with Gasteiger partial charge in [-0.1, -0.05) is 11.6 Å². The van der Waals surface area contributed by atoms with E-state index in [1.54, 1.807) is 25.2 Å². The van der Waals surface area contributed by atoms with Crippen molar-refractivity contribution in [2.75, 3.05) is 19.5 Å². The predicted molar refractivity (Wildman–Crippen MR) is 55.4 cm³/mol. The number of nitrogens with one attached hydrogen (secondary N) is 1. The van der Waals surface area contributed by atoms with Crippen LogP contribution in [0.5, 0.6) is 0 Å². The van der Waals surface area contributed by atoms with Gasteiger partial charge in [-0.05, 0) is 6.07 Å². The van der Waals surface area contributed by atoms with Crippen LogP contribution in [0.4, 0.5) is 11.4 Å². The van der Waals surface area contributed by atoms with Gasteiger partial charge in [0, 0.05) is 26.2 Å². The highest BCUT2D eigenvalue weighted by Crippen LogP contribution is 2.26. The van der Waals surface area contributed by atoms with Gasteiger partial charge in [0.05, 0.1) is 15.6 Å². The topological polar surface area (TPSA) is 58.4 Å². The second kappa shape index (κ2) is 4.26. The number of nitro groups is 1. The molecule has 0 atom stereocenters. The number of benzene rings is 1. The predicted octanol–water partition coefficient (Wildman–Crippen LogP) is 2.14. The van der Waals surface area contributed by atoms with Crippen LogP contribution in [0.2, 0.25) is 5.02 Å². The van der Waals surface area contributed by atoms with Crippen molar-refractivity contribution < 1.29 is 4.92 Å². The van der Waals surface area contributed by atoms with Crippen LogP contribution in [0.15, 0.2) is 18.2 Å². The Hall–Kier alpha value is -1.33. The van der Waals surface area contributed by atoms with Crippen LogP contribution in [0.1, 0.15) is 0 Å². The summed E-state index contributed by atoms with van der Waals surface area (Å²) in [5, 5.41) is 12.4. The van der Waals surface area contributed by atoms with Crippen LogP contribution in [0.3, 0.4) is 0 Å². The van der Waals surface area contributed by atoms with E-state index in [9.17, 15) is 10.1 Å². The lowest BCUT2D eigenvalue weighted by molar-refractivity contribution is -0.384. The van der Waals surface area contributed by atoms with Crippen molar-refractivity contribution in [3.8, 4) is 0 Å². The van der Waals surface area contributed by atoms with Crippen LogP contribution in [0, 0.1) is 10.1 Å². The quantitative estimate of drug-likeness (QED) is 0.620. The zero-order valence-electron chi connectivity index (χ0n) is 7.82. The molecule has 0 aliphatic carbocycles. The summed E-state index contributed by atoms with van der Waals surface area (Å²) in [6.07, 6.45) is 0. The number of halogens is 1. The van der Waals surface area contributed by atoms with Crippen molar-refractivity contribution in [3.63, 3.8) is 0 Å². The maximum atomic E-state index is 10.4. The largest absolute Gasteiger partial charge is 0.318 e. The van der Waals surface area contributed by atoms with Crippen LogP contribution < -0.4 is 5.43 Å². The molecule has 0 aliphatic heterocycles. The van der Waals surface area contributed by atoms with Crippen LogP contribution >= 0.6 is 11.6 Å². The molecule has 0 spiro atoms. The first-order valence-corrected chi connectivity index (χ1v) is 4.26. The molecule has 1 aromatic rings. The Balaban J connectivity index is 2.95. The zero-order chi connectivity index (χ0) is 10.7. The fourth-order valence-corrected chi connectivity index (χ4v) is 1.17. The maximum absolute atomic E-state index is 10.4. The lowest BCUT2D eigenvalue weighted by Gasteiger charge is -2.14. The highest BCUT2D eigenvalue weighted by molar-refractivity contribution is 6.33. The minimum atomic E-state index is -0.481. The fourth-order valence-electron chi connectivity index (χ4n) is 0.949. The first-order valence-electron chi connectivity index (χ1n) is 3.88. The molecule has 1 aromatic carbocycles. The molecule has 0 aliphatic rings. The van der Waals surface area contributed by atoms with Gasteiger partial charge in [-0.2, -0.15) is 0 Å². The van der Waals surface area contributed by atoms with Gasteiger partial charge in [0.2, 0.25) is 0 Å². The Labute approximate surface area is 86.4 Å². The summed E-state index contributed by atoms with van der Waals surface area (Å²) >= 11 is 5.82. The van der Waals surface area contributed by atoms with Crippen molar-refractivity contribution in [3.05, 3.63) is 33.3 Å². The molecular weight excluding hydrogens is 206 g/mol. The molecule has 6 heteroatoms. The van der Waals surface area contributed by atoms with Crippen molar-refractivity contribution in [2.24, 2.45) is 0 Å². The Bertz CT molecular complexity index is 354. The molecule has 0 fully saturated rings. The Kier molecular flexibility index (Phi) is 3.27. The standard InChI is InChI=1S/C8H10ClN3O2/c1-11(2)10-8-4-3-6(12(13)14)5-7(8)9/h3-5,10H,1-2H3. The minimum Gasteiger partial charge on any atom is -0.318 e. The van der Waals surface area contributed by atoms with Gasteiger partial charge < -0.3 is 5.43 Å². The monoisotopic (exact) mass is 215 g/mol. The molecule has 0 unspecified atom stereocenters. The number of nitro benzene ring substituents is 1. The van der Waals surface area contributed by atoms with E-state index in [2.05, 4.69) is 5.43 Å². The highest BCUT2D eigenvalue weighted by Gasteiger charge is 2.09. The van der Waals surface area contributed by atoms with Crippen molar-refractivity contribution in [1.82, 2.24) is 5.01 Å². The van der Waals surface area contributed by atoms with Gasteiger partial charge in [-0.25, -0.2) is 5.01 Å². The minimum absolute atomic E-state index is 0.0145.